The third-order valence-electron chi connectivity index (χ3n) is 5.10. The lowest BCUT2D eigenvalue weighted by Crippen LogP contribution is -2.33. The van der Waals surface area contributed by atoms with E-state index in [2.05, 4.69) is 10.2 Å². The molecule has 3 heterocycles. The number of rotatable bonds is 5. The highest BCUT2D eigenvalue weighted by Crippen LogP contribution is 2.31. The van der Waals surface area contributed by atoms with Crippen LogP contribution in [-0.2, 0) is 6.54 Å². The Morgan fingerprint density at radius 1 is 1.23 bits per heavy atom. The Bertz CT molecular complexity index is 903. The van der Waals surface area contributed by atoms with Gasteiger partial charge in [-0.25, -0.2) is 0 Å². The van der Waals surface area contributed by atoms with E-state index < -0.39 is 0 Å². The highest BCUT2D eigenvalue weighted by atomic mass is 35.5. The fraction of sp³-hybridized carbons (Fsp3) is 0.474. The molecule has 1 N–H and O–H groups in total. The number of carbonyl (C=O) groups is 1. The van der Waals surface area contributed by atoms with Crippen molar-refractivity contribution in [3.8, 4) is 5.75 Å². The Morgan fingerprint density at radius 3 is 2.85 bits per heavy atom. The molecule has 1 aromatic heterocycles. The van der Waals surface area contributed by atoms with Crippen LogP contribution >= 0.6 is 11.6 Å². The standard InChI is InChI=1S/C19H22ClN3O3/c20-14-4-5-15-17-16(14)18(24)13(12-23(17)10-11-26-15)19(25)21-6-3-9-22-7-1-2-8-22/h4-5,12H,1-3,6-11H2,(H,21,25). The summed E-state index contributed by atoms with van der Waals surface area (Å²) >= 11 is 6.26. The number of nitrogens with one attached hydrogen (secondary N) is 1. The van der Waals surface area contributed by atoms with Gasteiger partial charge in [0.1, 0.15) is 17.9 Å². The van der Waals surface area contributed by atoms with Crippen LogP contribution in [0, 0.1) is 0 Å². The van der Waals surface area contributed by atoms with Crippen molar-refractivity contribution in [2.45, 2.75) is 25.8 Å². The molecule has 26 heavy (non-hydrogen) atoms. The van der Waals surface area contributed by atoms with Crippen molar-refractivity contribution in [3.05, 3.63) is 39.1 Å². The van der Waals surface area contributed by atoms with Crippen molar-refractivity contribution in [3.63, 3.8) is 0 Å². The number of amides is 1. The van der Waals surface area contributed by atoms with Crippen LogP contribution in [0.5, 0.6) is 5.75 Å². The minimum Gasteiger partial charge on any atom is -0.490 e. The van der Waals surface area contributed by atoms with Crippen LogP contribution < -0.4 is 15.5 Å². The fourth-order valence-electron chi connectivity index (χ4n) is 3.78. The average molecular weight is 376 g/mol. The molecule has 0 spiro atoms. The summed E-state index contributed by atoms with van der Waals surface area (Å²) in [6.07, 6.45) is 5.03. The van der Waals surface area contributed by atoms with Gasteiger partial charge < -0.3 is 19.5 Å². The van der Waals surface area contributed by atoms with Gasteiger partial charge in [-0.05, 0) is 51.0 Å². The SMILES string of the molecule is O=C(NCCCN1CCCC1)c1cn2c3c(ccc(Cl)c3c1=O)OCC2. The first-order valence-corrected chi connectivity index (χ1v) is 9.52. The number of hydrogen-bond acceptors (Lipinski definition) is 4. The average Bonchev–Trinajstić information content (AvgIpc) is 3.16. The Labute approximate surface area is 156 Å². The Morgan fingerprint density at radius 2 is 2.04 bits per heavy atom. The van der Waals surface area contributed by atoms with E-state index in [0.29, 0.717) is 41.4 Å². The first-order valence-electron chi connectivity index (χ1n) is 9.14. The predicted molar refractivity (Wildman–Crippen MR) is 101 cm³/mol. The van der Waals surface area contributed by atoms with Crippen molar-refractivity contribution in [1.29, 1.82) is 0 Å². The Kier molecular flexibility index (Phi) is 4.87. The first-order chi connectivity index (χ1) is 12.6. The molecule has 4 rings (SSSR count). The summed E-state index contributed by atoms with van der Waals surface area (Å²) in [4.78, 5) is 27.8. The van der Waals surface area contributed by atoms with E-state index in [-0.39, 0.29) is 16.9 Å². The zero-order chi connectivity index (χ0) is 18.1. The van der Waals surface area contributed by atoms with Gasteiger partial charge >= 0.3 is 0 Å². The molecule has 1 amide bonds. The van der Waals surface area contributed by atoms with Crippen LogP contribution in [0.4, 0.5) is 0 Å². The van der Waals surface area contributed by atoms with Gasteiger partial charge in [0.15, 0.2) is 0 Å². The number of hydrogen-bond donors (Lipinski definition) is 1. The largest absolute Gasteiger partial charge is 0.490 e. The minimum absolute atomic E-state index is 0.139. The van der Waals surface area contributed by atoms with Crippen LogP contribution in [-0.4, -0.2) is 48.2 Å². The number of likely N-dealkylation sites (tertiary alicyclic amines) is 1. The predicted octanol–water partition coefficient (Wildman–Crippen LogP) is 2.26. The van der Waals surface area contributed by atoms with Gasteiger partial charge in [-0.3, -0.25) is 9.59 Å². The number of aromatic nitrogens is 1. The molecule has 0 unspecified atom stereocenters. The molecule has 0 aliphatic carbocycles. The summed E-state index contributed by atoms with van der Waals surface area (Å²) in [6, 6.07) is 3.41. The number of nitrogens with zero attached hydrogens (tertiary/aromatic N) is 2. The third-order valence-corrected chi connectivity index (χ3v) is 5.42. The molecule has 0 saturated carbocycles. The fourth-order valence-corrected chi connectivity index (χ4v) is 4.02. The summed E-state index contributed by atoms with van der Waals surface area (Å²) in [7, 11) is 0. The van der Waals surface area contributed by atoms with E-state index in [1.807, 2.05) is 4.57 Å². The van der Waals surface area contributed by atoms with Gasteiger partial charge in [-0.1, -0.05) is 11.6 Å². The molecule has 0 bridgehead atoms. The lowest BCUT2D eigenvalue weighted by atomic mass is 10.1. The van der Waals surface area contributed by atoms with Crippen molar-refractivity contribution in [1.82, 2.24) is 14.8 Å². The topological polar surface area (TPSA) is 63.6 Å². The molecule has 1 saturated heterocycles. The number of carbonyl (C=O) groups excluding carboxylic acids is 1. The normalized spacial score (nSPS) is 16.7. The highest BCUT2D eigenvalue weighted by molar-refractivity contribution is 6.35. The monoisotopic (exact) mass is 375 g/mol. The van der Waals surface area contributed by atoms with E-state index in [1.165, 1.54) is 12.8 Å². The minimum atomic E-state index is -0.342. The molecule has 2 aliphatic heterocycles. The molecule has 6 nitrogen and oxygen atoms in total. The van der Waals surface area contributed by atoms with E-state index >= 15 is 0 Å². The van der Waals surface area contributed by atoms with Crippen molar-refractivity contribution in [2.75, 3.05) is 32.8 Å². The summed E-state index contributed by atoms with van der Waals surface area (Å²) in [5.41, 5.74) is 0.463. The lowest BCUT2D eigenvalue weighted by molar-refractivity contribution is 0.0950. The maximum absolute atomic E-state index is 12.9. The van der Waals surface area contributed by atoms with E-state index in [1.54, 1.807) is 18.3 Å². The van der Waals surface area contributed by atoms with Gasteiger partial charge in [0.05, 0.1) is 22.5 Å². The highest BCUT2D eigenvalue weighted by Gasteiger charge is 2.22. The smallest absolute Gasteiger partial charge is 0.256 e. The van der Waals surface area contributed by atoms with Crippen molar-refractivity contribution in [2.24, 2.45) is 0 Å². The maximum atomic E-state index is 12.9. The zero-order valence-corrected chi connectivity index (χ0v) is 15.3. The molecule has 1 fully saturated rings. The summed E-state index contributed by atoms with van der Waals surface area (Å²) in [5.74, 6) is 0.292. The quantitative estimate of drug-likeness (QED) is 0.814. The van der Waals surface area contributed by atoms with Crippen LogP contribution in [0.1, 0.15) is 29.6 Å². The van der Waals surface area contributed by atoms with Gasteiger partial charge in [0.25, 0.3) is 5.91 Å². The second kappa shape index (κ2) is 7.29. The molecule has 0 radical (unpaired) electrons. The van der Waals surface area contributed by atoms with Crippen LogP contribution in [0.2, 0.25) is 5.02 Å². The molecular formula is C19H22ClN3O3. The van der Waals surface area contributed by atoms with E-state index in [4.69, 9.17) is 16.3 Å². The molecule has 2 aliphatic rings. The summed E-state index contributed by atoms with van der Waals surface area (Å²) in [6.45, 7) is 4.92. The zero-order valence-electron chi connectivity index (χ0n) is 14.6. The first kappa shape index (κ1) is 17.4. The van der Waals surface area contributed by atoms with Gasteiger partial charge in [0, 0.05) is 12.7 Å². The Balaban J connectivity index is 1.54. The van der Waals surface area contributed by atoms with Gasteiger partial charge in [0.2, 0.25) is 5.43 Å². The number of ether oxygens (including phenoxy) is 1. The Hall–Kier alpha value is -2.05. The maximum Gasteiger partial charge on any atom is 0.256 e. The lowest BCUT2D eigenvalue weighted by Gasteiger charge is -2.22. The molecule has 0 atom stereocenters. The molecule has 2 aromatic rings. The second-order valence-electron chi connectivity index (χ2n) is 6.84. The van der Waals surface area contributed by atoms with Crippen molar-refractivity contribution < 1.29 is 9.53 Å². The second-order valence-corrected chi connectivity index (χ2v) is 7.25. The third kappa shape index (κ3) is 3.19. The molecular weight excluding hydrogens is 354 g/mol. The van der Waals surface area contributed by atoms with Crippen LogP contribution in [0.25, 0.3) is 10.9 Å². The van der Waals surface area contributed by atoms with Crippen LogP contribution in [0.3, 0.4) is 0 Å². The number of pyridine rings is 1. The number of benzene rings is 1. The van der Waals surface area contributed by atoms with E-state index in [0.717, 1.165) is 26.1 Å². The van der Waals surface area contributed by atoms with Gasteiger partial charge in [-0.2, -0.15) is 0 Å². The summed E-state index contributed by atoms with van der Waals surface area (Å²) in [5, 5.41) is 3.58. The molecule has 7 heteroatoms. The molecule has 1 aromatic carbocycles. The van der Waals surface area contributed by atoms with Crippen molar-refractivity contribution >= 4 is 28.4 Å². The number of halogens is 1. The van der Waals surface area contributed by atoms with Crippen LogP contribution in [0.15, 0.2) is 23.1 Å². The summed E-state index contributed by atoms with van der Waals surface area (Å²) < 4.78 is 7.50. The van der Waals surface area contributed by atoms with Gasteiger partial charge in [-0.15, -0.1) is 0 Å². The molecule has 138 valence electrons. The van der Waals surface area contributed by atoms with E-state index in [9.17, 15) is 9.59 Å².